The third-order valence-electron chi connectivity index (χ3n) is 2.81. The van der Waals surface area contributed by atoms with E-state index in [-0.39, 0.29) is 11.3 Å². The first-order valence-corrected chi connectivity index (χ1v) is 5.11. The molecule has 0 spiro atoms. The number of carbonyl (C=O) groups is 1. The first-order chi connectivity index (χ1) is 8.00. The summed E-state index contributed by atoms with van der Waals surface area (Å²) in [6.45, 7) is 3.57. The van der Waals surface area contributed by atoms with E-state index in [4.69, 9.17) is 5.11 Å². The quantitative estimate of drug-likeness (QED) is 0.823. The third-order valence-corrected chi connectivity index (χ3v) is 2.81. The Morgan fingerprint density at radius 3 is 2.59 bits per heavy atom. The van der Waals surface area contributed by atoms with Crippen molar-refractivity contribution < 1.29 is 9.90 Å². The molecule has 0 atom stereocenters. The van der Waals surface area contributed by atoms with Gasteiger partial charge in [-0.3, -0.25) is 4.57 Å². The summed E-state index contributed by atoms with van der Waals surface area (Å²) >= 11 is 0. The molecule has 2 aromatic rings. The zero-order valence-corrected chi connectivity index (χ0v) is 9.52. The maximum absolute atomic E-state index is 11.5. The summed E-state index contributed by atoms with van der Waals surface area (Å²) in [6, 6.07) is 3.29. The lowest BCUT2D eigenvalue weighted by molar-refractivity contribution is 0.0696. The zero-order valence-electron chi connectivity index (χ0n) is 9.52. The van der Waals surface area contributed by atoms with Gasteiger partial charge in [0.2, 0.25) is 0 Å². The number of aryl methyl sites for hydroxylation is 1. The number of hydrogen-bond donors (Lipinski definition) is 2. The van der Waals surface area contributed by atoms with Crippen LogP contribution < -0.4 is 5.69 Å². The van der Waals surface area contributed by atoms with Gasteiger partial charge < -0.3 is 10.1 Å². The molecule has 17 heavy (non-hydrogen) atoms. The molecule has 0 radical (unpaired) electrons. The summed E-state index contributed by atoms with van der Waals surface area (Å²) in [7, 11) is 0. The van der Waals surface area contributed by atoms with E-state index in [0.29, 0.717) is 11.3 Å². The summed E-state index contributed by atoms with van der Waals surface area (Å²) in [5.41, 5.74) is 2.03. The van der Waals surface area contributed by atoms with Gasteiger partial charge in [0.1, 0.15) is 0 Å². The minimum absolute atomic E-state index is 0.216. The van der Waals surface area contributed by atoms with Gasteiger partial charge in [-0.15, -0.1) is 0 Å². The number of hydrogen-bond acceptors (Lipinski definition) is 2. The fourth-order valence-corrected chi connectivity index (χ4v) is 1.73. The topological polar surface area (TPSA) is 75.1 Å². The predicted octanol–water partition coefficient (Wildman–Crippen LogP) is 1.48. The molecular formula is C12H12N2O3. The van der Waals surface area contributed by atoms with Crippen molar-refractivity contribution in [2.75, 3.05) is 0 Å². The van der Waals surface area contributed by atoms with Crippen LogP contribution in [0.3, 0.4) is 0 Å². The van der Waals surface area contributed by atoms with Crippen LogP contribution in [0.5, 0.6) is 0 Å². The van der Waals surface area contributed by atoms with Gasteiger partial charge in [0.25, 0.3) is 0 Å². The number of imidazole rings is 1. The van der Waals surface area contributed by atoms with Crippen molar-refractivity contribution in [1.82, 2.24) is 9.55 Å². The van der Waals surface area contributed by atoms with E-state index in [1.165, 1.54) is 16.8 Å². The highest BCUT2D eigenvalue weighted by molar-refractivity contribution is 5.90. The summed E-state index contributed by atoms with van der Waals surface area (Å²) in [6.07, 6.45) is 3.08. The Hall–Kier alpha value is -2.30. The Morgan fingerprint density at radius 1 is 1.35 bits per heavy atom. The molecule has 88 valence electrons. The van der Waals surface area contributed by atoms with Crippen molar-refractivity contribution in [2.45, 2.75) is 13.8 Å². The van der Waals surface area contributed by atoms with Gasteiger partial charge in [0, 0.05) is 12.4 Å². The normalized spacial score (nSPS) is 10.5. The van der Waals surface area contributed by atoms with E-state index in [0.717, 1.165) is 5.56 Å². The van der Waals surface area contributed by atoms with E-state index in [1.807, 2.05) is 6.92 Å². The predicted molar refractivity (Wildman–Crippen MR) is 62.8 cm³/mol. The van der Waals surface area contributed by atoms with Crippen molar-refractivity contribution in [3.63, 3.8) is 0 Å². The molecule has 0 bridgehead atoms. The van der Waals surface area contributed by atoms with Crippen LogP contribution in [0.2, 0.25) is 0 Å². The molecule has 0 fully saturated rings. The standard InChI is InChI=1S/C12H12N2O3/c1-7-5-9(14-4-3-13-12(14)17)6-10(8(7)2)11(15)16/h3-6H,1-2H3,(H,13,17)(H,15,16). The van der Waals surface area contributed by atoms with Crippen molar-refractivity contribution in [2.24, 2.45) is 0 Å². The SMILES string of the molecule is Cc1cc(-n2cc[nH]c2=O)cc(C(=O)O)c1C. The molecule has 1 aromatic heterocycles. The first kappa shape index (κ1) is 11.2. The smallest absolute Gasteiger partial charge is 0.336 e. The highest BCUT2D eigenvalue weighted by Gasteiger charge is 2.12. The molecule has 0 aliphatic rings. The highest BCUT2D eigenvalue weighted by atomic mass is 16.4. The molecule has 1 aromatic carbocycles. The Kier molecular flexibility index (Phi) is 2.59. The van der Waals surface area contributed by atoms with Crippen molar-refractivity contribution >= 4 is 5.97 Å². The van der Waals surface area contributed by atoms with Crippen LogP contribution in [-0.2, 0) is 0 Å². The number of nitrogens with one attached hydrogen (secondary N) is 1. The molecule has 0 amide bonds. The van der Waals surface area contributed by atoms with E-state index < -0.39 is 5.97 Å². The van der Waals surface area contributed by atoms with E-state index in [2.05, 4.69) is 4.98 Å². The molecule has 5 nitrogen and oxygen atoms in total. The van der Waals surface area contributed by atoms with Crippen LogP contribution >= 0.6 is 0 Å². The van der Waals surface area contributed by atoms with E-state index >= 15 is 0 Å². The van der Waals surface area contributed by atoms with Crippen LogP contribution in [0.15, 0.2) is 29.3 Å². The van der Waals surface area contributed by atoms with E-state index in [1.54, 1.807) is 19.2 Å². The first-order valence-electron chi connectivity index (χ1n) is 5.11. The summed E-state index contributed by atoms with van der Waals surface area (Å²) in [4.78, 5) is 25.1. The lowest BCUT2D eigenvalue weighted by atomic mass is 10.0. The maximum atomic E-state index is 11.5. The van der Waals surface area contributed by atoms with Gasteiger partial charge in [-0.25, -0.2) is 9.59 Å². The largest absolute Gasteiger partial charge is 0.478 e. The maximum Gasteiger partial charge on any atom is 0.336 e. The number of aromatic carboxylic acids is 1. The fraction of sp³-hybridized carbons (Fsp3) is 0.167. The number of aromatic nitrogens is 2. The number of nitrogens with zero attached hydrogens (tertiary/aromatic N) is 1. The highest BCUT2D eigenvalue weighted by Crippen LogP contribution is 2.18. The second-order valence-corrected chi connectivity index (χ2v) is 3.88. The van der Waals surface area contributed by atoms with Crippen LogP contribution in [0.25, 0.3) is 5.69 Å². The lowest BCUT2D eigenvalue weighted by Crippen LogP contribution is -2.15. The Bertz CT molecular complexity index is 637. The summed E-state index contributed by atoms with van der Waals surface area (Å²) in [5, 5.41) is 9.09. The van der Waals surface area contributed by atoms with Gasteiger partial charge >= 0.3 is 11.7 Å². The minimum atomic E-state index is -0.990. The summed E-state index contributed by atoms with van der Waals surface area (Å²) < 4.78 is 1.37. The Balaban J connectivity index is 2.70. The molecule has 0 aliphatic heterocycles. The zero-order chi connectivity index (χ0) is 12.6. The molecule has 1 heterocycles. The molecule has 0 saturated carbocycles. The second-order valence-electron chi connectivity index (χ2n) is 3.88. The number of carboxylic acids is 1. The number of aromatic amines is 1. The fourth-order valence-electron chi connectivity index (χ4n) is 1.73. The Morgan fingerprint density at radius 2 is 2.06 bits per heavy atom. The molecule has 0 unspecified atom stereocenters. The number of carboxylic acid groups (broad SMARTS) is 1. The van der Waals surface area contributed by atoms with Crippen molar-refractivity contribution in [3.05, 3.63) is 51.7 Å². The van der Waals surface area contributed by atoms with Crippen molar-refractivity contribution in [3.8, 4) is 5.69 Å². The second kappa shape index (κ2) is 3.93. The molecule has 0 saturated heterocycles. The molecule has 2 N–H and O–H groups in total. The average molecular weight is 232 g/mol. The number of benzene rings is 1. The number of H-pyrrole nitrogens is 1. The average Bonchev–Trinajstić information content (AvgIpc) is 2.68. The van der Waals surface area contributed by atoms with Gasteiger partial charge in [0.05, 0.1) is 11.3 Å². The van der Waals surface area contributed by atoms with Gasteiger partial charge in [-0.1, -0.05) is 0 Å². The third kappa shape index (κ3) is 1.87. The van der Waals surface area contributed by atoms with Gasteiger partial charge in [-0.2, -0.15) is 0 Å². The molecular weight excluding hydrogens is 220 g/mol. The van der Waals surface area contributed by atoms with Crippen LogP contribution in [0.4, 0.5) is 0 Å². The van der Waals surface area contributed by atoms with Crippen molar-refractivity contribution in [1.29, 1.82) is 0 Å². The Labute approximate surface area is 97.3 Å². The minimum Gasteiger partial charge on any atom is -0.478 e. The monoisotopic (exact) mass is 232 g/mol. The molecule has 2 rings (SSSR count). The summed E-state index contributed by atoms with van der Waals surface area (Å²) in [5.74, 6) is -0.990. The van der Waals surface area contributed by atoms with Crippen LogP contribution in [-0.4, -0.2) is 20.6 Å². The van der Waals surface area contributed by atoms with Gasteiger partial charge in [0.15, 0.2) is 0 Å². The van der Waals surface area contributed by atoms with Crippen LogP contribution in [0, 0.1) is 13.8 Å². The number of rotatable bonds is 2. The van der Waals surface area contributed by atoms with E-state index in [9.17, 15) is 9.59 Å². The molecule has 0 aliphatic carbocycles. The molecule has 5 heteroatoms. The lowest BCUT2D eigenvalue weighted by Gasteiger charge is -2.09. The van der Waals surface area contributed by atoms with Crippen LogP contribution in [0.1, 0.15) is 21.5 Å². The van der Waals surface area contributed by atoms with Gasteiger partial charge in [-0.05, 0) is 37.1 Å².